The van der Waals surface area contributed by atoms with Crippen LogP contribution in [0.15, 0.2) is 58.5 Å². The van der Waals surface area contributed by atoms with E-state index in [9.17, 15) is 0 Å². The number of terminal acetylenes is 1. The van der Waals surface area contributed by atoms with Gasteiger partial charge in [-0.2, -0.15) is 0 Å². The maximum atomic E-state index is 6.04. The summed E-state index contributed by atoms with van der Waals surface area (Å²) < 4.78 is 24.6. The van der Waals surface area contributed by atoms with E-state index in [1.807, 2.05) is 39.3 Å². The molecule has 0 saturated carbocycles. The first kappa shape index (κ1) is 27.0. The highest BCUT2D eigenvalue weighted by atomic mass is 35.5. The van der Waals surface area contributed by atoms with Crippen molar-refractivity contribution in [1.29, 1.82) is 0 Å². The highest BCUT2D eigenvalue weighted by molar-refractivity contribution is 6.30. The second-order valence-corrected chi connectivity index (χ2v) is 9.01. The summed E-state index contributed by atoms with van der Waals surface area (Å²) in [6.45, 7) is 1.40. The third kappa shape index (κ3) is 4.67. The summed E-state index contributed by atoms with van der Waals surface area (Å²) in [4.78, 5) is 8.00. The van der Waals surface area contributed by atoms with E-state index in [0.717, 1.165) is 45.6 Å². The molecule has 1 atom stereocenters. The van der Waals surface area contributed by atoms with Gasteiger partial charge in [-0.1, -0.05) is 11.1 Å². The van der Waals surface area contributed by atoms with Gasteiger partial charge in [0.1, 0.15) is 18.1 Å². The number of aryl methyl sites for hydroxylation is 1. The van der Waals surface area contributed by atoms with Crippen molar-refractivity contribution in [3.8, 4) is 40.8 Å². The van der Waals surface area contributed by atoms with Crippen LogP contribution in [0.25, 0.3) is 22.2 Å². The van der Waals surface area contributed by atoms with E-state index < -0.39 is 6.10 Å². The summed E-state index contributed by atoms with van der Waals surface area (Å²) in [6, 6.07) is 11.8. The third-order valence-corrected chi connectivity index (χ3v) is 6.50. The van der Waals surface area contributed by atoms with Crippen molar-refractivity contribution in [2.75, 3.05) is 41.5 Å². The van der Waals surface area contributed by atoms with E-state index in [1.54, 1.807) is 32.8 Å². The minimum absolute atomic E-state index is 0. The molecule has 0 bridgehead atoms. The van der Waals surface area contributed by atoms with Crippen LogP contribution in [0.2, 0.25) is 0 Å². The molecule has 4 aromatic rings. The molecular weight excluding hydrogens is 506 g/mol. The van der Waals surface area contributed by atoms with Crippen LogP contribution >= 0.6 is 12.4 Å². The molecule has 0 N–H and O–H groups in total. The smallest absolute Gasteiger partial charge is 0.215 e. The number of benzene rings is 2. The number of ether oxygens (including phenoxy) is 3. The van der Waals surface area contributed by atoms with Crippen LogP contribution in [0.1, 0.15) is 22.8 Å². The molecule has 8 nitrogen and oxygen atoms in total. The Bertz CT molecular complexity index is 1520. The Morgan fingerprint density at radius 3 is 2.45 bits per heavy atom. The molecule has 0 radical (unpaired) electrons. The number of hydrogen-bond acceptors (Lipinski definition) is 7. The SMILES string of the molecule is C#CC(ON=C1c2cc(OC)c(OC)cc2-c2c1c1cc(OCCN(C)C)ccc1n2C)c1ccoc1.Cl. The average molecular weight is 536 g/mol. The van der Waals surface area contributed by atoms with Crippen LogP contribution in [0.3, 0.4) is 0 Å². The van der Waals surface area contributed by atoms with Gasteiger partial charge in [-0.15, -0.1) is 18.8 Å². The molecule has 2 heterocycles. The van der Waals surface area contributed by atoms with Crippen molar-refractivity contribution in [3.05, 3.63) is 65.6 Å². The Labute approximate surface area is 228 Å². The average Bonchev–Trinajstić information content (AvgIpc) is 3.60. The fourth-order valence-electron chi connectivity index (χ4n) is 4.63. The quantitative estimate of drug-likeness (QED) is 0.189. The molecular formula is C29H30ClN3O5. The van der Waals surface area contributed by atoms with Crippen LogP contribution < -0.4 is 14.2 Å². The van der Waals surface area contributed by atoms with Crippen LogP contribution in [-0.4, -0.2) is 56.6 Å². The molecule has 0 spiro atoms. The van der Waals surface area contributed by atoms with Gasteiger partial charge in [-0.25, -0.2) is 0 Å². The number of aromatic nitrogens is 1. The molecule has 5 rings (SSSR count). The maximum absolute atomic E-state index is 6.04. The molecule has 9 heteroatoms. The van der Waals surface area contributed by atoms with Crippen molar-refractivity contribution >= 4 is 29.0 Å². The first-order chi connectivity index (χ1) is 18.0. The monoisotopic (exact) mass is 535 g/mol. The highest BCUT2D eigenvalue weighted by Crippen LogP contribution is 2.47. The lowest BCUT2D eigenvalue weighted by atomic mass is 10.1. The van der Waals surface area contributed by atoms with Gasteiger partial charge in [0.05, 0.1) is 32.4 Å². The van der Waals surface area contributed by atoms with Gasteiger partial charge < -0.3 is 32.9 Å². The first-order valence-electron chi connectivity index (χ1n) is 11.9. The second kappa shape index (κ2) is 11.1. The molecule has 1 unspecified atom stereocenters. The topological polar surface area (TPSA) is 70.6 Å². The van der Waals surface area contributed by atoms with E-state index in [-0.39, 0.29) is 12.4 Å². The van der Waals surface area contributed by atoms with Gasteiger partial charge >= 0.3 is 0 Å². The Kier molecular flexibility index (Phi) is 7.91. The largest absolute Gasteiger partial charge is 0.493 e. The predicted octanol–water partition coefficient (Wildman–Crippen LogP) is 5.27. The molecule has 0 amide bonds. The number of furan rings is 1. The number of halogens is 1. The van der Waals surface area contributed by atoms with Gasteiger partial charge in [0.15, 0.2) is 11.5 Å². The van der Waals surface area contributed by atoms with E-state index in [2.05, 4.69) is 32.7 Å². The fraction of sp³-hybridized carbons (Fsp3) is 0.276. The Hall–Kier alpha value is -4.06. The van der Waals surface area contributed by atoms with Gasteiger partial charge in [0, 0.05) is 46.7 Å². The van der Waals surface area contributed by atoms with E-state index in [4.69, 9.17) is 29.9 Å². The van der Waals surface area contributed by atoms with E-state index >= 15 is 0 Å². The number of oxime groups is 1. The standard InChI is InChI=1S/C29H29N3O5.ClH/c1-7-24(18-10-12-35-17-18)37-30-28-20-15-25(33-5)26(34-6)16-21(20)29-27(28)22-14-19(36-13-11-31(2)3)8-9-23(22)32(29)4;/h1,8-10,12,14-17,24H,11,13H2,2-6H3;1H. The molecule has 0 aliphatic heterocycles. The third-order valence-electron chi connectivity index (χ3n) is 6.50. The van der Waals surface area contributed by atoms with Crippen LogP contribution in [0, 0.1) is 12.3 Å². The predicted molar refractivity (Wildman–Crippen MR) is 150 cm³/mol. The molecule has 1 aliphatic rings. The second-order valence-electron chi connectivity index (χ2n) is 9.01. The molecule has 0 saturated heterocycles. The molecule has 1 aliphatic carbocycles. The number of nitrogens with zero attached hydrogens (tertiary/aromatic N) is 3. The van der Waals surface area contributed by atoms with Crippen molar-refractivity contribution in [3.63, 3.8) is 0 Å². The highest BCUT2D eigenvalue weighted by Gasteiger charge is 2.34. The molecule has 2 aromatic heterocycles. The van der Waals surface area contributed by atoms with Crippen molar-refractivity contribution in [1.82, 2.24) is 9.47 Å². The zero-order valence-corrected chi connectivity index (χ0v) is 22.8. The Morgan fingerprint density at radius 1 is 1.08 bits per heavy atom. The lowest BCUT2D eigenvalue weighted by Crippen LogP contribution is -2.19. The molecule has 0 fully saturated rings. The fourth-order valence-corrected chi connectivity index (χ4v) is 4.63. The summed E-state index contributed by atoms with van der Waals surface area (Å²) in [6.07, 6.45) is 8.17. The lowest BCUT2D eigenvalue weighted by Gasteiger charge is -2.13. The van der Waals surface area contributed by atoms with Gasteiger partial charge in [-0.05, 0) is 50.5 Å². The molecule has 2 aromatic carbocycles. The van der Waals surface area contributed by atoms with Gasteiger partial charge in [0.25, 0.3) is 0 Å². The Balaban J connectivity index is 0.00000336. The summed E-state index contributed by atoms with van der Waals surface area (Å²) in [5, 5.41) is 5.61. The van der Waals surface area contributed by atoms with E-state index in [1.165, 1.54) is 0 Å². The number of likely N-dealkylation sites (N-methyl/N-ethyl adjacent to an activating group) is 1. The van der Waals surface area contributed by atoms with Crippen LogP contribution in [0.4, 0.5) is 0 Å². The maximum Gasteiger partial charge on any atom is 0.215 e. The minimum atomic E-state index is -0.696. The van der Waals surface area contributed by atoms with E-state index in [0.29, 0.717) is 29.4 Å². The zero-order valence-electron chi connectivity index (χ0n) is 22.0. The number of fused-ring (bicyclic) bond motifs is 5. The van der Waals surface area contributed by atoms with Crippen LogP contribution in [-0.2, 0) is 11.9 Å². The van der Waals surface area contributed by atoms with Crippen molar-refractivity contribution < 1.29 is 23.5 Å². The first-order valence-corrected chi connectivity index (χ1v) is 11.9. The van der Waals surface area contributed by atoms with Crippen LogP contribution in [0.5, 0.6) is 17.2 Å². The van der Waals surface area contributed by atoms with Gasteiger partial charge in [-0.3, -0.25) is 0 Å². The lowest BCUT2D eigenvalue weighted by molar-refractivity contribution is 0.0996. The summed E-state index contributed by atoms with van der Waals surface area (Å²) in [7, 11) is 9.31. The summed E-state index contributed by atoms with van der Waals surface area (Å²) in [5.41, 5.74) is 6.17. The van der Waals surface area contributed by atoms with Crippen molar-refractivity contribution in [2.45, 2.75) is 6.10 Å². The molecule has 198 valence electrons. The zero-order chi connectivity index (χ0) is 26.1. The summed E-state index contributed by atoms with van der Waals surface area (Å²) >= 11 is 0. The number of hydrogen-bond donors (Lipinski definition) is 0. The molecule has 38 heavy (non-hydrogen) atoms. The number of methoxy groups -OCH3 is 2. The minimum Gasteiger partial charge on any atom is -0.493 e. The summed E-state index contributed by atoms with van der Waals surface area (Å²) in [5.74, 6) is 4.65. The van der Waals surface area contributed by atoms with Crippen molar-refractivity contribution in [2.24, 2.45) is 12.2 Å². The number of rotatable bonds is 9. The Morgan fingerprint density at radius 2 is 1.82 bits per heavy atom. The van der Waals surface area contributed by atoms with Gasteiger partial charge in [0.2, 0.25) is 6.10 Å². The normalized spacial score (nSPS) is 13.6.